The van der Waals surface area contributed by atoms with Crippen molar-refractivity contribution >= 4 is 44.1 Å². The molecule has 0 saturated heterocycles. The summed E-state index contributed by atoms with van der Waals surface area (Å²) in [6.45, 7) is 4.01. The molecule has 0 amide bonds. The van der Waals surface area contributed by atoms with E-state index in [0.717, 1.165) is 28.4 Å². The lowest BCUT2D eigenvalue weighted by Gasteiger charge is -2.30. The number of carboxylic acids is 1. The van der Waals surface area contributed by atoms with Crippen LogP contribution >= 0.6 is 27.3 Å². The first-order valence-corrected chi connectivity index (χ1v) is 9.53. The molecular formula is C17H19BrF2N2O2S. The maximum Gasteiger partial charge on any atom is 0.303 e. The number of anilines is 2. The Kier molecular flexibility index (Phi) is 6.51. The molecule has 1 aromatic heterocycles. The number of rotatable bonds is 8. The third-order valence-electron chi connectivity index (χ3n) is 4.43. The van der Waals surface area contributed by atoms with Crippen molar-refractivity contribution in [1.82, 2.24) is 4.98 Å². The Labute approximate surface area is 157 Å². The van der Waals surface area contributed by atoms with Gasteiger partial charge in [-0.05, 0) is 47.3 Å². The number of carbonyl (C=O) groups is 1. The minimum atomic E-state index is -0.843. The highest BCUT2D eigenvalue weighted by molar-refractivity contribution is 9.11. The number of aliphatic carboxylic acids is 1. The van der Waals surface area contributed by atoms with Crippen molar-refractivity contribution in [2.45, 2.75) is 44.9 Å². The van der Waals surface area contributed by atoms with Crippen LogP contribution in [0.2, 0.25) is 0 Å². The quantitative estimate of drug-likeness (QED) is 0.548. The first kappa shape index (κ1) is 19.8. The number of hydrogen-bond acceptors (Lipinski definition) is 4. The van der Waals surface area contributed by atoms with Crippen LogP contribution in [0, 0.1) is 11.6 Å². The van der Waals surface area contributed by atoms with Gasteiger partial charge in [0.05, 0.1) is 15.2 Å². The Morgan fingerprint density at radius 2 is 2.04 bits per heavy atom. The SMILES string of the molecule is CCC(CC)(CCC(=O)O)c1nc(Nc2ccc(F)cc2F)sc1Br. The number of benzene rings is 1. The van der Waals surface area contributed by atoms with Gasteiger partial charge >= 0.3 is 5.97 Å². The van der Waals surface area contributed by atoms with Crippen LogP contribution in [0.4, 0.5) is 19.6 Å². The Hall–Kier alpha value is -1.54. The van der Waals surface area contributed by atoms with Crippen molar-refractivity contribution in [3.63, 3.8) is 0 Å². The second-order valence-corrected chi connectivity index (χ2v) is 8.09. The molecule has 2 rings (SSSR count). The third kappa shape index (κ3) is 4.55. The van der Waals surface area contributed by atoms with Crippen LogP contribution in [0.3, 0.4) is 0 Å². The average Bonchev–Trinajstić information content (AvgIpc) is 2.93. The lowest BCUT2D eigenvalue weighted by atomic mass is 9.76. The smallest absolute Gasteiger partial charge is 0.303 e. The summed E-state index contributed by atoms with van der Waals surface area (Å²) >= 11 is 4.80. The second-order valence-electron chi connectivity index (χ2n) is 5.77. The largest absolute Gasteiger partial charge is 0.481 e. The van der Waals surface area contributed by atoms with Crippen molar-refractivity contribution in [2.75, 3.05) is 5.32 Å². The van der Waals surface area contributed by atoms with Gasteiger partial charge < -0.3 is 10.4 Å². The first-order chi connectivity index (χ1) is 11.8. The predicted octanol–water partition coefficient (Wildman–Crippen LogP) is 5.85. The number of halogens is 3. The van der Waals surface area contributed by atoms with E-state index in [2.05, 4.69) is 26.2 Å². The number of nitrogens with zero attached hydrogens (tertiary/aromatic N) is 1. The van der Waals surface area contributed by atoms with Crippen LogP contribution in [0.5, 0.6) is 0 Å². The molecular weight excluding hydrogens is 414 g/mol. The average molecular weight is 433 g/mol. The summed E-state index contributed by atoms with van der Waals surface area (Å²) in [4.78, 5) is 15.6. The molecule has 0 aliphatic heterocycles. The molecule has 8 heteroatoms. The van der Waals surface area contributed by atoms with Gasteiger partial charge in [0.25, 0.3) is 0 Å². The molecule has 136 valence electrons. The van der Waals surface area contributed by atoms with E-state index in [1.807, 2.05) is 13.8 Å². The topological polar surface area (TPSA) is 62.2 Å². The molecule has 0 bridgehead atoms. The zero-order valence-electron chi connectivity index (χ0n) is 13.9. The highest BCUT2D eigenvalue weighted by Crippen LogP contribution is 2.43. The molecule has 0 atom stereocenters. The van der Waals surface area contributed by atoms with Crippen LogP contribution in [0.1, 0.15) is 45.2 Å². The number of carboxylic acid groups (broad SMARTS) is 1. The summed E-state index contributed by atoms with van der Waals surface area (Å²) in [5.74, 6) is -2.19. The predicted molar refractivity (Wildman–Crippen MR) is 98.6 cm³/mol. The fourth-order valence-corrected chi connectivity index (χ4v) is 4.59. The zero-order valence-corrected chi connectivity index (χ0v) is 16.3. The zero-order chi connectivity index (χ0) is 18.6. The lowest BCUT2D eigenvalue weighted by Crippen LogP contribution is -2.26. The van der Waals surface area contributed by atoms with Gasteiger partial charge in [-0.1, -0.05) is 25.2 Å². The number of aromatic nitrogens is 1. The summed E-state index contributed by atoms with van der Waals surface area (Å²) in [6, 6.07) is 3.29. The van der Waals surface area contributed by atoms with E-state index in [-0.39, 0.29) is 17.5 Å². The van der Waals surface area contributed by atoms with Crippen molar-refractivity contribution in [1.29, 1.82) is 0 Å². The van der Waals surface area contributed by atoms with Gasteiger partial charge in [0.15, 0.2) is 5.13 Å². The molecule has 0 aliphatic rings. The van der Waals surface area contributed by atoms with Crippen LogP contribution in [0.25, 0.3) is 0 Å². The second kappa shape index (κ2) is 8.23. The highest BCUT2D eigenvalue weighted by Gasteiger charge is 2.34. The van der Waals surface area contributed by atoms with E-state index >= 15 is 0 Å². The van der Waals surface area contributed by atoms with E-state index in [4.69, 9.17) is 5.11 Å². The Morgan fingerprint density at radius 1 is 1.36 bits per heavy atom. The minimum absolute atomic E-state index is 0.0565. The van der Waals surface area contributed by atoms with Gasteiger partial charge in [-0.15, -0.1) is 0 Å². The van der Waals surface area contributed by atoms with Crippen molar-refractivity contribution in [3.8, 4) is 0 Å². The van der Waals surface area contributed by atoms with Gasteiger partial charge in [0.2, 0.25) is 0 Å². The molecule has 0 fully saturated rings. The molecule has 1 aromatic carbocycles. The fourth-order valence-electron chi connectivity index (χ4n) is 2.79. The van der Waals surface area contributed by atoms with Crippen molar-refractivity contribution < 1.29 is 18.7 Å². The van der Waals surface area contributed by atoms with E-state index in [9.17, 15) is 13.6 Å². The molecule has 0 radical (unpaired) electrons. The normalized spacial score (nSPS) is 11.6. The van der Waals surface area contributed by atoms with E-state index in [1.165, 1.54) is 23.5 Å². The van der Waals surface area contributed by atoms with Gasteiger partial charge in [0.1, 0.15) is 11.6 Å². The Balaban J connectivity index is 2.32. The highest BCUT2D eigenvalue weighted by atomic mass is 79.9. The third-order valence-corrected chi connectivity index (χ3v) is 6.05. The number of hydrogen-bond donors (Lipinski definition) is 2. The Morgan fingerprint density at radius 3 is 2.60 bits per heavy atom. The van der Waals surface area contributed by atoms with Gasteiger partial charge in [-0.2, -0.15) is 0 Å². The number of thiazole rings is 1. The first-order valence-electron chi connectivity index (χ1n) is 7.92. The molecule has 4 nitrogen and oxygen atoms in total. The monoisotopic (exact) mass is 432 g/mol. The van der Waals surface area contributed by atoms with Crippen LogP contribution in [-0.2, 0) is 10.2 Å². The van der Waals surface area contributed by atoms with Crippen molar-refractivity contribution in [2.24, 2.45) is 0 Å². The summed E-state index contributed by atoms with van der Waals surface area (Å²) in [7, 11) is 0. The molecule has 0 spiro atoms. The fraction of sp³-hybridized carbons (Fsp3) is 0.412. The minimum Gasteiger partial charge on any atom is -0.481 e. The van der Waals surface area contributed by atoms with Crippen LogP contribution in [-0.4, -0.2) is 16.1 Å². The van der Waals surface area contributed by atoms with Crippen LogP contribution in [0.15, 0.2) is 22.0 Å². The van der Waals surface area contributed by atoms with Gasteiger partial charge in [0, 0.05) is 17.9 Å². The molecule has 0 aliphatic carbocycles. The summed E-state index contributed by atoms with van der Waals surface area (Å²) in [5.41, 5.74) is 0.543. The number of nitrogens with one attached hydrogen (secondary N) is 1. The standard InChI is InChI=1S/C17H19BrF2N2O2S/c1-3-17(4-2,8-7-13(23)24)14-15(18)25-16(22-14)21-12-6-5-10(19)9-11(12)20/h5-6,9H,3-4,7-8H2,1-2H3,(H,21,22)(H,23,24). The molecule has 2 N–H and O–H groups in total. The van der Waals surface area contributed by atoms with Gasteiger partial charge in [-0.25, -0.2) is 13.8 Å². The molecule has 0 saturated carbocycles. The summed E-state index contributed by atoms with van der Waals surface area (Å²) in [5, 5.41) is 12.4. The summed E-state index contributed by atoms with van der Waals surface area (Å²) < 4.78 is 27.6. The maximum absolute atomic E-state index is 13.8. The van der Waals surface area contributed by atoms with E-state index < -0.39 is 17.6 Å². The maximum atomic E-state index is 13.8. The molecule has 25 heavy (non-hydrogen) atoms. The van der Waals surface area contributed by atoms with E-state index in [0.29, 0.717) is 11.6 Å². The van der Waals surface area contributed by atoms with E-state index in [1.54, 1.807) is 0 Å². The van der Waals surface area contributed by atoms with Crippen LogP contribution < -0.4 is 5.32 Å². The lowest BCUT2D eigenvalue weighted by molar-refractivity contribution is -0.137. The van der Waals surface area contributed by atoms with Crippen molar-refractivity contribution in [3.05, 3.63) is 39.3 Å². The Bertz CT molecular complexity index is 763. The summed E-state index contributed by atoms with van der Waals surface area (Å²) in [6.07, 6.45) is 2.01. The molecule has 2 aromatic rings. The molecule has 0 unspecified atom stereocenters. The molecule has 1 heterocycles. The van der Waals surface area contributed by atoms with Gasteiger partial charge in [-0.3, -0.25) is 4.79 Å².